The molecule has 0 aliphatic carbocycles. The maximum absolute atomic E-state index is 13.6. The lowest BCUT2D eigenvalue weighted by molar-refractivity contribution is -0.138. The zero-order valence-electron chi connectivity index (χ0n) is 18.0. The molecule has 2 heterocycles. The Morgan fingerprint density at radius 1 is 0.639 bits per heavy atom. The van der Waals surface area contributed by atoms with E-state index in [2.05, 4.69) is 9.97 Å². The normalized spacial score (nSPS) is 12.5. The van der Waals surface area contributed by atoms with Crippen LogP contribution in [0.3, 0.4) is 0 Å². The summed E-state index contributed by atoms with van der Waals surface area (Å²) in [7, 11) is -4.00. The van der Waals surface area contributed by atoms with E-state index in [4.69, 9.17) is 5.14 Å². The van der Waals surface area contributed by atoms with E-state index in [-0.39, 0.29) is 33.1 Å². The number of benzene rings is 2. The summed E-state index contributed by atoms with van der Waals surface area (Å²) >= 11 is 0. The van der Waals surface area contributed by atoms with E-state index in [1.165, 1.54) is 36.5 Å². The van der Waals surface area contributed by atoms with Gasteiger partial charge in [-0.25, -0.2) is 18.5 Å². The molecule has 2 aromatic heterocycles. The van der Waals surface area contributed by atoms with Gasteiger partial charge in [-0.2, -0.15) is 26.3 Å². The molecule has 0 aliphatic heterocycles. The summed E-state index contributed by atoms with van der Waals surface area (Å²) in [6.07, 6.45) is -8.04. The van der Waals surface area contributed by atoms with Crippen molar-refractivity contribution < 1.29 is 34.8 Å². The lowest BCUT2D eigenvalue weighted by Gasteiger charge is -2.13. The van der Waals surface area contributed by atoms with Gasteiger partial charge in [-0.3, -0.25) is 4.98 Å². The van der Waals surface area contributed by atoms with Gasteiger partial charge in [-0.1, -0.05) is 24.3 Å². The second kappa shape index (κ2) is 9.03. The zero-order valence-corrected chi connectivity index (χ0v) is 18.8. The third-order valence-corrected chi connectivity index (χ3v) is 6.09. The average molecular weight is 523 g/mol. The van der Waals surface area contributed by atoms with Crippen LogP contribution in [0.25, 0.3) is 33.8 Å². The predicted octanol–water partition coefficient (Wildman–Crippen LogP) is 6.16. The molecular formula is C24H15F6N3O2S. The number of halogens is 6. The fourth-order valence-corrected chi connectivity index (χ4v) is 3.96. The molecule has 4 rings (SSSR count). The molecule has 0 saturated heterocycles. The predicted molar refractivity (Wildman–Crippen MR) is 120 cm³/mol. The molecule has 4 aromatic rings. The highest BCUT2D eigenvalue weighted by Gasteiger charge is 2.33. The molecule has 2 aromatic carbocycles. The van der Waals surface area contributed by atoms with Gasteiger partial charge in [0.1, 0.15) is 0 Å². The van der Waals surface area contributed by atoms with Crippen LogP contribution < -0.4 is 5.14 Å². The Morgan fingerprint density at radius 2 is 1.22 bits per heavy atom. The highest BCUT2D eigenvalue weighted by molar-refractivity contribution is 7.89. The Balaban J connectivity index is 1.82. The Morgan fingerprint density at radius 3 is 1.81 bits per heavy atom. The number of nitrogens with zero attached hydrogens (tertiary/aromatic N) is 2. The van der Waals surface area contributed by atoms with Crippen LogP contribution in [0.5, 0.6) is 0 Å². The highest BCUT2D eigenvalue weighted by Crippen LogP contribution is 2.36. The van der Waals surface area contributed by atoms with Crippen molar-refractivity contribution >= 4 is 10.0 Å². The maximum Gasteiger partial charge on any atom is 0.416 e. The quantitative estimate of drug-likeness (QED) is 0.325. The molecule has 0 saturated carbocycles. The third kappa shape index (κ3) is 5.55. The van der Waals surface area contributed by atoms with Gasteiger partial charge in [-0.05, 0) is 48.5 Å². The number of primary sulfonamides is 1. The number of hydrogen-bond acceptors (Lipinski definition) is 4. The number of aromatic nitrogens is 2. The maximum atomic E-state index is 13.6. The van der Waals surface area contributed by atoms with Crippen molar-refractivity contribution in [2.75, 3.05) is 0 Å². The van der Waals surface area contributed by atoms with Crippen molar-refractivity contribution in [1.29, 1.82) is 0 Å². The van der Waals surface area contributed by atoms with E-state index >= 15 is 0 Å². The summed E-state index contributed by atoms with van der Waals surface area (Å²) in [5, 5.41) is 5.16. The first-order valence-electron chi connectivity index (χ1n) is 10.1. The van der Waals surface area contributed by atoms with Crippen LogP contribution in [0.2, 0.25) is 0 Å². The van der Waals surface area contributed by atoms with E-state index in [1.54, 1.807) is 6.07 Å². The molecule has 0 spiro atoms. The number of pyridine rings is 2. The van der Waals surface area contributed by atoms with Crippen molar-refractivity contribution in [3.63, 3.8) is 0 Å². The van der Waals surface area contributed by atoms with Gasteiger partial charge >= 0.3 is 12.4 Å². The van der Waals surface area contributed by atoms with E-state index in [9.17, 15) is 34.8 Å². The minimum absolute atomic E-state index is 0.0606. The van der Waals surface area contributed by atoms with Crippen LogP contribution in [0.4, 0.5) is 26.3 Å². The first kappa shape index (κ1) is 25.3. The first-order valence-corrected chi connectivity index (χ1v) is 11.6. The lowest BCUT2D eigenvalue weighted by Crippen LogP contribution is -2.11. The minimum Gasteiger partial charge on any atom is -0.256 e. The molecule has 5 nitrogen and oxygen atoms in total. The monoisotopic (exact) mass is 523 g/mol. The molecule has 0 fully saturated rings. The number of hydrogen-bond donors (Lipinski definition) is 1. The van der Waals surface area contributed by atoms with Crippen LogP contribution in [-0.2, 0) is 22.4 Å². The second-order valence-corrected chi connectivity index (χ2v) is 9.26. The molecule has 186 valence electrons. The van der Waals surface area contributed by atoms with Gasteiger partial charge in [0.2, 0.25) is 10.0 Å². The Kier molecular flexibility index (Phi) is 6.35. The lowest BCUT2D eigenvalue weighted by atomic mass is 10.0. The number of alkyl halides is 6. The average Bonchev–Trinajstić information content (AvgIpc) is 2.82. The summed E-state index contributed by atoms with van der Waals surface area (Å²) in [6.45, 7) is 0. The fraction of sp³-hybridized carbons (Fsp3) is 0.0833. The third-order valence-electron chi connectivity index (χ3n) is 5.17. The van der Waals surface area contributed by atoms with E-state index < -0.39 is 33.5 Å². The van der Waals surface area contributed by atoms with Crippen LogP contribution in [-0.4, -0.2) is 18.4 Å². The number of nitrogens with two attached hydrogens (primary N) is 1. The largest absolute Gasteiger partial charge is 0.416 e. The Bertz CT molecular complexity index is 1530. The number of rotatable bonds is 4. The summed E-state index contributed by atoms with van der Waals surface area (Å²) in [5.41, 5.74) is -1.40. The smallest absolute Gasteiger partial charge is 0.256 e. The summed E-state index contributed by atoms with van der Waals surface area (Å²) in [5.74, 6) is 0. The van der Waals surface area contributed by atoms with Crippen molar-refractivity contribution in [3.8, 4) is 33.8 Å². The zero-order chi connectivity index (χ0) is 26.3. The van der Waals surface area contributed by atoms with Crippen molar-refractivity contribution in [3.05, 3.63) is 90.1 Å². The van der Waals surface area contributed by atoms with Gasteiger partial charge in [-0.15, -0.1) is 0 Å². The van der Waals surface area contributed by atoms with Gasteiger partial charge in [0.05, 0.1) is 33.1 Å². The standard InChI is InChI=1S/C24H15F6N3O2S/c25-23(26,27)17-6-4-14(5-7-17)21-12-18(24(28,29)30)13-22(33-21)16-8-9-32-20(11-16)15-2-1-3-19(10-15)36(31,34)35/h1-13H,(H2,31,34,35). The van der Waals surface area contributed by atoms with E-state index in [0.29, 0.717) is 5.56 Å². The van der Waals surface area contributed by atoms with Crippen LogP contribution in [0.15, 0.2) is 83.9 Å². The Labute approximate surface area is 201 Å². The molecule has 0 unspecified atom stereocenters. The van der Waals surface area contributed by atoms with Crippen LogP contribution >= 0.6 is 0 Å². The van der Waals surface area contributed by atoms with Crippen LogP contribution in [0.1, 0.15) is 11.1 Å². The molecule has 0 aliphatic rings. The first-order chi connectivity index (χ1) is 16.7. The second-order valence-electron chi connectivity index (χ2n) is 7.70. The van der Waals surface area contributed by atoms with Crippen molar-refractivity contribution in [2.24, 2.45) is 5.14 Å². The van der Waals surface area contributed by atoms with E-state index in [0.717, 1.165) is 36.4 Å². The molecule has 12 heteroatoms. The summed E-state index contributed by atoms with van der Waals surface area (Å²) < 4.78 is 103. The van der Waals surface area contributed by atoms with Gasteiger partial charge in [0.15, 0.2) is 0 Å². The van der Waals surface area contributed by atoms with Crippen molar-refractivity contribution in [2.45, 2.75) is 17.2 Å². The minimum atomic E-state index is -4.75. The van der Waals surface area contributed by atoms with E-state index in [1.807, 2.05) is 0 Å². The molecular weight excluding hydrogens is 508 g/mol. The molecule has 2 N–H and O–H groups in total. The molecule has 0 amide bonds. The highest BCUT2D eigenvalue weighted by atomic mass is 32.2. The molecule has 0 radical (unpaired) electrons. The fourth-order valence-electron chi connectivity index (χ4n) is 3.40. The topological polar surface area (TPSA) is 85.9 Å². The van der Waals surface area contributed by atoms with Gasteiger partial charge in [0, 0.05) is 22.9 Å². The molecule has 36 heavy (non-hydrogen) atoms. The Hall–Kier alpha value is -3.77. The molecule has 0 atom stereocenters. The van der Waals surface area contributed by atoms with Gasteiger partial charge < -0.3 is 0 Å². The summed E-state index contributed by atoms with van der Waals surface area (Å²) in [6, 6.07) is 13.6. The SMILES string of the molecule is NS(=O)(=O)c1cccc(-c2cc(-c3cc(C(F)(F)F)cc(-c4ccc(C(F)(F)F)cc4)n3)ccn2)c1. The van der Waals surface area contributed by atoms with Gasteiger partial charge in [0.25, 0.3) is 0 Å². The molecule has 0 bridgehead atoms. The van der Waals surface area contributed by atoms with Crippen molar-refractivity contribution in [1.82, 2.24) is 9.97 Å². The van der Waals surface area contributed by atoms with Crippen LogP contribution in [0, 0.1) is 0 Å². The summed E-state index contributed by atoms with van der Waals surface area (Å²) in [4.78, 5) is 8.22. The number of sulfonamides is 1.